The quantitative estimate of drug-likeness (QED) is 0.856. The van der Waals surface area contributed by atoms with Crippen LogP contribution in [0.25, 0.3) is 0 Å². The molecule has 0 aliphatic rings. The van der Waals surface area contributed by atoms with Gasteiger partial charge in [-0.25, -0.2) is 0 Å². The molecule has 0 saturated heterocycles. The fourth-order valence-corrected chi connectivity index (χ4v) is 1.69. The zero-order valence-corrected chi connectivity index (χ0v) is 10.2. The Balaban J connectivity index is 2.25. The minimum atomic E-state index is -0.221. The third-order valence-corrected chi connectivity index (χ3v) is 2.83. The van der Waals surface area contributed by atoms with E-state index in [9.17, 15) is 4.79 Å². The Morgan fingerprint density at radius 3 is 2.47 bits per heavy atom. The van der Waals surface area contributed by atoms with Gasteiger partial charge in [-0.2, -0.15) is 0 Å². The van der Waals surface area contributed by atoms with Crippen LogP contribution in [0.15, 0.2) is 34.9 Å². The van der Waals surface area contributed by atoms with Crippen molar-refractivity contribution in [3.63, 3.8) is 0 Å². The zero-order chi connectivity index (χ0) is 12.4. The summed E-state index contributed by atoms with van der Waals surface area (Å²) in [7, 11) is 0. The van der Waals surface area contributed by atoms with E-state index in [1.165, 1.54) is 11.8 Å². The van der Waals surface area contributed by atoms with Gasteiger partial charge in [0.05, 0.1) is 6.26 Å². The lowest BCUT2D eigenvalue weighted by Gasteiger charge is -2.10. The summed E-state index contributed by atoms with van der Waals surface area (Å²) in [6, 6.07) is 7.38. The van der Waals surface area contributed by atoms with Crippen molar-refractivity contribution in [2.75, 3.05) is 5.32 Å². The molecule has 1 heterocycles. The van der Waals surface area contributed by atoms with Gasteiger partial charge >= 0.3 is 0 Å². The number of anilines is 1. The van der Waals surface area contributed by atoms with Gasteiger partial charge in [0, 0.05) is 5.69 Å². The van der Waals surface area contributed by atoms with Crippen LogP contribution in [0.2, 0.25) is 0 Å². The summed E-state index contributed by atoms with van der Waals surface area (Å²) in [5.41, 5.74) is 4.26. The molecule has 0 fully saturated rings. The zero-order valence-electron chi connectivity index (χ0n) is 10.2. The Bertz CT molecular complexity index is 542. The molecule has 0 unspecified atom stereocenters. The van der Waals surface area contributed by atoms with E-state index >= 15 is 0 Å². The molecule has 0 radical (unpaired) electrons. The number of hydrogen-bond acceptors (Lipinski definition) is 2. The summed E-state index contributed by atoms with van der Waals surface area (Å²) in [6.45, 7) is 6.06. The number of aryl methyl sites for hydroxylation is 3. The molecule has 1 aromatic carbocycles. The maximum Gasteiger partial charge on any atom is 0.291 e. The van der Waals surface area contributed by atoms with E-state index in [0.29, 0.717) is 5.76 Å². The number of amides is 1. The van der Waals surface area contributed by atoms with Gasteiger partial charge in [0.25, 0.3) is 5.91 Å². The lowest BCUT2D eigenvalue weighted by Crippen LogP contribution is -2.12. The van der Waals surface area contributed by atoms with E-state index in [-0.39, 0.29) is 5.91 Å². The molecule has 1 amide bonds. The summed E-state index contributed by atoms with van der Waals surface area (Å²) in [6.07, 6.45) is 1.49. The van der Waals surface area contributed by atoms with E-state index < -0.39 is 0 Å². The van der Waals surface area contributed by atoms with Crippen LogP contribution in [0, 0.1) is 20.8 Å². The minimum absolute atomic E-state index is 0.221. The number of benzene rings is 1. The molecule has 1 N–H and O–H groups in total. The van der Waals surface area contributed by atoms with Gasteiger partial charge in [-0.3, -0.25) is 4.79 Å². The topological polar surface area (TPSA) is 42.2 Å². The van der Waals surface area contributed by atoms with Crippen LogP contribution >= 0.6 is 0 Å². The van der Waals surface area contributed by atoms with Gasteiger partial charge in [-0.15, -0.1) is 0 Å². The predicted molar refractivity (Wildman–Crippen MR) is 67.3 cm³/mol. The molecule has 17 heavy (non-hydrogen) atoms. The van der Waals surface area contributed by atoms with Crippen molar-refractivity contribution >= 4 is 11.6 Å². The van der Waals surface area contributed by atoms with Crippen LogP contribution < -0.4 is 5.32 Å². The van der Waals surface area contributed by atoms with Crippen molar-refractivity contribution in [2.24, 2.45) is 0 Å². The Hall–Kier alpha value is -2.03. The predicted octanol–water partition coefficient (Wildman–Crippen LogP) is 3.46. The van der Waals surface area contributed by atoms with Crippen LogP contribution in [0.4, 0.5) is 5.69 Å². The highest BCUT2D eigenvalue weighted by Crippen LogP contribution is 2.20. The highest BCUT2D eigenvalue weighted by Gasteiger charge is 2.10. The first-order valence-corrected chi connectivity index (χ1v) is 5.50. The summed E-state index contributed by atoms with van der Waals surface area (Å²) >= 11 is 0. The molecule has 88 valence electrons. The minimum Gasteiger partial charge on any atom is -0.459 e. The summed E-state index contributed by atoms with van der Waals surface area (Å²) in [5.74, 6) is 0.101. The van der Waals surface area contributed by atoms with Crippen LogP contribution in [-0.4, -0.2) is 5.91 Å². The molecule has 0 spiro atoms. The highest BCUT2D eigenvalue weighted by atomic mass is 16.3. The molecule has 2 rings (SSSR count). The van der Waals surface area contributed by atoms with E-state index in [1.54, 1.807) is 12.1 Å². The van der Waals surface area contributed by atoms with Crippen molar-refractivity contribution in [3.05, 3.63) is 53.0 Å². The Kier molecular flexibility index (Phi) is 3.00. The molecule has 0 aliphatic heterocycles. The summed E-state index contributed by atoms with van der Waals surface area (Å²) in [5, 5.41) is 2.85. The fraction of sp³-hybridized carbons (Fsp3) is 0.214. The number of nitrogens with one attached hydrogen (secondary N) is 1. The monoisotopic (exact) mass is 229 g/mol. The molecule has 0 atom stereocenters. The first kappa shape index (κ1) is 11.5. The Morgan fingerprint density at radius 2 is 1.82 bits per heavy atom. The number of carbonyl (C=O) groups excluding carboxylic acids is 1. The van der Waals surface area contributed by atoms with Crippen molar-refractivity contribution in [1.82, 2.24) is 0 Å². The molecule has 0 bridgehead atoms. The van der Waals surface area contributed by atoms with Gasteiger partial charge in [-0.1, -0.05) is 6.07 Å². The molecular weight excluding hydrogens is 214 g/mol. The van der Waals surface area contributed by atoms with Gasteiger partial charge < -0.3 is 9.73 Å². The van der Waals surface area contributed by atoms with Gasteiger partial charge in [-0.05, 0) is 55.7 Å². The molecule has 0 saturated carbocycles. The summed E-state index contributed by atoms with van der Waals surface area (Å²) in [4.78, 5) is 11.8. The van der Waals surface area contributed by atoms with Crippen LogP contribution in [0.3, 0.4) is 0 Å². The SMILES string of the molecule is Cc1cc(C)c(NC(=O)c2ccco2)cc1C. The van der Waals surface area contributed by atoms with Crippen molar-refractivity contribution < 1.29 is 9.21 Å². The second-order valence-electron chi connectivity index (χ2n) is 4.18. The smallest absolute Gasteiger partial charge is 0.291 e. The number of furan rings is 1. The van der Waals surface area contributed by atoms with Crippen molar-refractivity contribution in [3.8, 4) is 0 Å². The number of rotatable bonds is 2. The first-order chi connectivity index (χ1) is 8.08. The standard InChI is InChI=1S/C14H15NO2/c1-9-7-11(3)12(8-10(9)2)15-14(16)13-5-4-6-17-13/h4-8H,1-3H3,(H,15,16). The van der Waals surface area contributed by atoms with Gasteiger partial charge in [0.15, 0.2) is 5.76 Å². The number of carbonyl (C=O) groups is 1. The highest BCUT2D eigenvalue weighted by molar-refractivity contribution is 6.02. The van der Waals surface area contributed by atoms with Crippen LogP contribution in [0.1, 0.15) is 27.2 Å². The third-order valence-electron chi connectivity index (χ3n) is 2.83. The van der Waals surface area contributed by atoms with E-state index in [0.717, 1.165) is 16.8 Å². The Labute approximate surface area is 100 Å². The molecule has 0 aliphatic carbocycles. The largest absolute Gasteiger partial charge is 0.459 e. The average molecular weight is 229 g/mol. The van der Waals surface area contributed by atoms with E-state index in [1.807, 2.05) is 19.9 Å². The van der Waals surface area contributed by atoms with Crippen LogP contribution in [0.5, 0.6) is 0 Å². The first-order valence-electron chi connectivity index (χ1n) is 5.50. The lowest BCUT2D eigenvalue weighted by atomic mass is 10.0. The van der Waals surface area contributed by atoms with Crippen molar-refractivity contribution in [2.45, 2.75) is 20.8 Å². The second kappa shape index (κ2) is 4.45. The maximum absolute atomic E-state index is 11.8. The number of hydrogen-bond donors (Lipinski definition) is 1. The van der Waals surface area contributed by atoms with Crippen LogP contribution in [-0.2, 0) is 0 Å². The summed E-state index contributed by atoms with van der Waals surface area (Å²) < 4.78 is 5.05. The molecular formula is C14H15NO2. The normalized spacial score (nSPS) is 10.3. The van der Waals surface area contributed by atoms with Gasteiger partial charge in [0.2, 0.25) is 0 Å². The molecule has 3 heteroatoms. The van der Waals surface area contributed by atoms with E-state index in [4.69, 9.17) is 4.42 Å². The second-order valence-corrected chi connectivity index (χ2v) is 4.18. The maximum atomic E-state index is 11.8. The molecule has 1 aromatic heterocycles. The van der Waals surface area contributed by atoms with Gasteiger partial charge in [0.1, 0.15) is 0 Å². The van der Waals surface area contributed by atoms with E-state index in [2.05, 4.69) is 18.3 Å². The average Bonchev–Trinajstić information content (AvgIpc) is 2.79. The third kappa shape index (κ3) is 2.38. The van der Waals surface area contributed by atoms with Crippen molar-refractivity contribution in [1.29, 1.82) is 0 Å². The molecule has 3 nitrogen and oxygen atoms in total. The fourth-order valence-electron chi connectivity index (χ4n) is 1.69. The lowest BCUT2D eigenvalue weighted by molar-refractivity contribution is 0.0996. The molecule has 2 aromatic rings. The Morgan fingerprint density at radius 1 is 1.12 bits per heavy atom.